The number of benzene rings is 1. The number of nitrogens with zero attached hydrogens (tertiary/aromatic N) is 1. The van der Waals surface area contributed by atoms with E-state index in [1.165, 1.54) is 6.07 Å². The number of hydrogen-bond acceptors (Lipinski definition) is 4. The Morgan fingerprint density at radius 2 is 1.95 bits per heavy atom. The van der Waals surface area contributed by atoms with Crippen LogP contribution in [0.15, 0.2) is 23.1 Å². The van der Waals surface area contributed by atoms with Gasteiger partial charge < -0.3 is 5.43 Å². The summed E-state index contributed by atoms with van der Waals surface area (Å²) in [4.78, 5) is 2.36. The molecule has 2 aromatic rings. The Labute approximate surface area is 126 Å². The van der Waals surface area contributed by atoms with Crippen LogP contribution in [0.2, 0.25) is 10.0 Å². The van der Waals surface area contributed by atoms with Gasteiger partial charge in [-0.05, 0) is 32.0 Å². The van der Waals surface area contributed by atoms with Gasteiger partial charge in [-0.15, -0.1) is 4.83 Å². The minimum Gasteiger partial charge on any atom is -0.306 e. The van der Waals surface area contributed by atoms with Crippen molar-refractivity contribution in [3.05, 3.63) is 39.6 Å². The Kier molecular flexibility index (Phi) is 4.24. The van der Waals surface area contributed by atoms with Gasteiger partial charge in [0.15, 0.2) is 0 Å². The highest BCUT2D eigenvalue weighted by Gasteiger charge is 2.22. The summed E-state index contributed by atoms with van der Waals surface area (Å²) in [6.45, 7) is 3.23. The lowest BCUT2D eigenvalue weighted by Crippen LogP contribution is -2.30. The molecule has 2 rings (SSSR count). The monoisotopic (exact) mass is 334 g/mol. The minimum absolute atomic E-state index is 0.107. The normalized spacial score (nSPS) is 11.6. The number of H-pyrrole nitrogens is 1. The molecule has 3 N–H and O–H groups in total. The molecule has 0 saturated carbocycles. The highest BCUT2D eigenvalue weighted by atomic mass is 35.5. The molecule has 1 aromatic carbocycles. The fourth-order valence-electron chi connectivity index (χ4n) is 1.70. The Balaban J connectivity index is 2.22. The fourth-order valence-corrected chi connectivity index (χ4v) is 3.39. The van der Waals surface area contributed by atoms with Gasteiger partial charge in [0.05, 0.1) is 22.1 Å². The second-order valence-electron chi connectivity index (χ2n) is 4.12. The van der Waals surface area contributed by atoms with Crippen LogP contribution >= 0.6 is 23.2 Å². The molecule has 1 aromatic heterocycles. The van der Waals surface area contributed by atoms with Crippen LogP contribution in [0.3, 0.4) is 0 Å². The first-order valence-corrected chi connectivity index (χ1v) is 7.79. The maximum absolute atomic E-state index is 12.2. The van der Waals surface area contributed by atoms with Crippen molar-refractivity contribution in [3.8, 4) is 0 Å². The van der Waals surface area contributed by atoms with Crippen molar-refractivity contribution in [2.75, 3.05) is 5.43 Å². The van der Waals surface area contributed by atoms with Gasteiger partial charge in [0.2, 0.25) is 0 Å². The lowest BCUT2D eigenvalue weighted by molar-refractivity contribution is 0.586. The first kappa shape index (κ1) is 15.1. The summed E-state index contributed by atoms with van der Waals surface area (Å²) in [5.41, 5.74) is 3.80. The minimum atomic E-state index is -3.75. The highest BCUT2D eigenvalue weighted by Crippen LogP contribution is 2.25. The van der Waals surface area contributed by atoms with Crippen LogP contribution in [0.4, 0.5) is 5.69 Å². The molecule has 0 atom stereocenters. The number of aromatic amines is 1. The summed E-state index contributed by atoms with van der Waals surface area (Å²) in [6, 6.07) is 4.68. The van der Waals surface area contributed by atoms with Gasteiger partial charge in [-0.3, -0.25) is 5.10 Å². The quantitative estimate of drug-likeness (QED) is 0.750. The average molecular weight is 335 g/mol. The van der Waals surface area contributed by atoms with Crippen LogP contribution in [0.25, 0.3) is 0 Å². The second-order valence-corrected chi connectivity index (χ2v) is 6.58. The van der Waals surface area contributed by atoms with E-state index in [-0.39, 0.29) is 4.90 Å². The lowest BCUT2D eigenvalue weighted by Gasteiger charge is -2.11. The molecular formula is C11H12Cl2N4O2S. The number of rotatable bonds is 4. The molecule has 20 heavy (non-hydrogen) atoms. The smallest absolute Gasteiger partial charge is 0.260 e. The van der Waals surface area contributed by atoms with Crippen molar-refractivity contribution in [3.63, 3.8) is 0 Å². The molecule has 9 heteroatoms. The number of aromatic nitrogens is 2. The van der Waals surface area contributed by atoms with Crippen molar-refractivity contribution in [1.82, 2.24) is 15.0 Å². The molecule has 0 amide bonds. The van der Waals surface area contributed by atoms with E-state index in [0.717, 1.165) is 0 Å². The molecule has 108 valence electrons. The van der Waals surface area contributed by atoms with Gasteiger partial charge in [0.1, 0.15) is 4.90 Å². The molecule has 0 saturated heterocycles. The Morgan fingerprint density at radius 3 is 2.50 bits per heavy atom. The topological polar surface area (TPSA) is 86.9 Å². The van der Waals surface area contributed by atoms with Gasteiger partial charge in [-0.2, -0.15) is 5.10 Å². The first-order valence-electron chi connectivity index (χ1n) is 5.55. The van der Waals surface area contributed by atoms with E-state index in [9.17, 15) is 8.42 Å². The van der Waals surface area contributed by atoms with Gasteiger partial charge in [0.25, 0.3) is 10.0 Å². The first-order chi connectivity index (χ1) is 9.31. The number of hydrazine groups is 1. The third kappa shape index (κ3) is 3.06. The molecule has 0 aliphatic carbocycles. The van der Waals surface area contributed by atoms with Crippen LogP contribution in [0, 0.1) is 13.8 Å². The number of sulfonamides is 1. The van der Waals surface area contributed by atoms with Gasteiger partial charge >= 0.3 is 0 Å². The SMILES string of the molecule is Cc1n[nH]c(C)c1S(=O)(=O)NNc1ccc(Cl)cc1Cl. The summed E-state index contributed by atoms with van der Waals surface area (Å²) in [6.07, 6.45) is 0. The van der Waals surface area contributed by atoms with E-state index in [2.05, 4.69) is 20.5 Å². The molecule has 0 fully saturated rings. The Bertz CT molecular complexity index is 723. The largest absolute Gasteiger partial charge is 0.306 e. The summed E-state index contributed by atoms with van der Waals surface area (Å²) in [5, 5.41) is 7.24. The highest BCUT2D eigenvalue weighted by molar-refractivity contribution is 7.89. The average Bonchev–Trinajstić information content (AvgIpc) is 2.68. The zero-order valence-corrected chi connectivity index (χ0v) is 13.0. The molecule has 0 unspecified atom stereocenters. The van der Waals surface area contributed by atoms with E-state index in [1.807, 2.05) is 0 Å². The molecule has 0 spiro atoms. The van der Waals surface area contributed by atoms with Crippen molar-refractivity contribution in [1.29, 1.82) is 0 Å². The van der Waals surface area contributed by atoms with Crippen molar-refractivity contribution < 1.29 is 8.42 Å². The Hall–Kier alpha value is -1.28. The number of aryl methyl sites for hydroxylation is 2. The van der Waals surface area contributed by atoms with Crippen LogP contribution in [0.1, 0.15) is 11.4 Å². The third-order valence-corrected chi connectivity index (χ3v) is 4.64. The molecule has 0 aliphatic heterocycles. The van der Waals surface area contributed by atoms with Gasteiger partial charge in [0, 0.05) is 5.02 Å². The van der Waals surface area contributed by atoms with Gasteiger partial charge in [-0.1, -0.05) is 23.2 Å². The molecule has 0 bridgehead atoms. The van der Waals surface area contributed by atoms with Crippen molar-refractivity contribution >= 4 is 38.9 Å². The van der Waals surface area contributed by atoms with Crippen LogP contribution < -0.4 is 10.3 Å². The predicted octanol–water partition coefficient (Wildman–Crippen LogP) is 2.64. The summed E-state index contributed by atoms with van der Waals surface area (Å²) in [5.74, 6) is 0. The molecule has 0 radical (unpaired) electrons. The van der Waals surface area contributed by atoms with E-state index >= 15 is 0 Å². The lowest BCUT2D eigenvalue weighted by atomic mass is 10.3. The van der Waals surface area contributed by atoms with E-state index < -0.39 is 10.0 Å². The maximum atomic E-state index is 12.2. The molecule has 6 nitrogen and oxygen atoms in total. The summed E-state index contributed by atoms with van der Waals surface area (Å²) >= 11 is 11.7. The number of anilines is 1. The maximum Gasteiger partial charge on any atom is 0.260 e. The predicted molar refractivity (Wildman–Crippen MR) is 78.5 cm³/mol. The zero-order chi connectivity index (χ0) is 14.9. The summed E-state index contributed by atoms with van der Waals surface area (Å²) in [7, 11) is -3.75. The summed E-state index contributed by atoms with van der Waals surface area (Å²) < 4.78 is 24.4. The van der Waals surface area contributed by atoms with Crippen LogP contribution in [0.5, 0.6) is 0 Å². The standard InChI is InChI=1S/C11H12Cl2N4O2S/c1-6-11(7(2)15-14-6)20(18,19)17-16-10-4-3-8(12)5-9(10)13/h3-5,16-17H,1-2H3,(H,14,15). The van der Waals surface area contributed by atoms with Crippen molar-refractivity contribution in [2.45, 2.75) is 18.7 Å². The Morgan fingerprint density at radius 1 is 1.25 bits per heavy atom. The molecular weight excluding hydrogens is 323 g/mol. The van der Waals surface area contributed by atoms with E-state index in [4.69, 9.17) is 23.2 Å². The number of hydrogen-bond donors (Lipinski definition) is 3. The fraction of sp³-hybridized carbons (Fsp3) is 0.182. The van der Waals surface area contributed by atoms with Crippen molar-refractivity contribution in [2.24, 2.45) is 0 Å². The van der Waals surface area contributed by atoms with Crippen LogP contribution in [-0.4, -0.2) is 18.6 Å². The van der Waals surface area contributed by atoms with E-state index in [0.29, 0.717) is 27.1 Å². The van der Waals surface area contributed by atoms with Gasteiger partial charge in [-0.25, -0.2) is 8.42 Å². The molecule has 0 aliphatic rings. The third-order valence-electron chi connectivity index (χ3n) is 2.58. The molecule has 1 heterocycles. The van der Waals surface area contributed by atoms with E-state index in [1.54, 1.807) is 26.0 Å². The van der Waals surface area contributed by atoms with Crippen LogP contribution in [-0.2, 0) is 10.0 Å². The zero-order valence-electron chi connectivity index (χ0n) is 10.7. The number of halogens is 2. The number of nitrogens with one attached hydrogen (secondary N) is 3. The second kappa shape index (κ2) is 5.61.